The van der Waals surface area contributed by atoms with Crippen molar-refractivity contribution >= 4 is 5.78 Å². The Morgan fingerprint density at radius 2 is 1.68 bits per heavy atom. The molecule has 1 heterocycles. The highest BCUT2D eigenvalue weighted by Gasteiger charge is 2.36. The van der Waals surface area contributed by atoms with Crippen LogP contribution in [0.25, 0.3) is 0 Å². The molecule has 0 saturated carbocycles. The van der Waals surface area contributed by atoms with Gasteiger partial charge < -0.3 is 4.42 Å². The van der Waals surface area contributed by atoms with E-state index < -0.39 is 0 Å². The number of rotatable bonds is 3. The molecular weight excluding hydrogens is 272 g/mol. The zero-order valence-electron chi connectivity index (χ0n) is 14.5. The molecule has 0 fully saturated rings. The molecule has 0 amide bonds. The fourth-order valence-electron chi connectivity index (χ4n) is 2.71. The van der Waals surface area contributed by atoms with E-state index in [9.17, 15) is 4.79 Å². The van der Waals surface area contributed by atoms with E-state index in [0.717, 1.165) is 22.7 Å². The van der Waals surface area contributed by atoms with Gasteiger partial charge in [-0.2, -0.15) is 0 Å². The van der Waals surface area contributed by atoms with E-state index in [4.69, 9.17) is 4.42 Å². The largest absolute Gasteiger partial charge is 0.465 e. The second kappa shape index (κ2) is 5.42. The Morgan fingerprint density at radius 3 is 2.14 bits per heavy atom. The Kier molecular flexibility index (Phi) is 4.08. The second-order valence-electron chi connectivity index (χ2n) is 7.64. The SMILES string of the molecule is C=CC(C)(C)C1=CC(c2ccc(C)o2)C=C(C(C)(C)C)C1=O. The fraction of sp³-hybridized carbons (Fsp3) is 0.450. The summed E-state index contributed by atoms with van der Waals surface area (Å²) in [5.74, 6) is 1.88. The number of hydrogen-bond acceptors (Lipinski definition) is 2. The highest BCUT2D eigenvalue weighted by molar-refractivity contribution is 6.11. The van der Waals surface area contributed by atoms with Gasteiger partial charge in [-0.3, -0.25) is 4.79 Å². The van der Waals surface area contributed by atoms with Crippen LogP contribution in [0.15, 0.2) is 52.5 Å². The molecule has 0 saturated heterocycles. The summed E-state index contributed by atoms with van der Waals surface area (Å²) in [5, 5.41) is 0. The Morgan fingerprint density at radius 1 is 1.09 bits per heavy atom. The molecule has 2 nitrogen and oxygen atoms in total. The molecule has 1 aromatic heterocycles. The van der Waals surface area contributed by atoms with Gasteiger partial charge in [0.25, 0.3) is 0 Å². The van der Waals surface area contributed by atoms with Gasteiger partial charge in [-0.15, -0.1) is 6.58 Å². The van der Waals surface area contributed by atoms with E-state index in [2.05, 4.69) is 27.4 Å². The van der Waals surface area contributed by atoms with Crippen LogP contribution in [0.2, 0.25) is 0 Å². The Bertz CT molecular complexity index is 660. The Balaban J connectivity index is 2.58. The summed E-state index contributed by atoms with van der Waals surface area (Å²) in [7, 11) is 0. The third-order valence-corrected chi connectivity index (χ3v) is 4.28. The topological polar surface area (TPSA) is 30.2 Å². The van der Waals surface area contributed by atoms with Gasteiger partial charge in [-0.05, 0) is 24.5 Å². The quantitative estimate of drug-likeness (QED) is 0.703. The predicted molar refractivity (Wildman–Crippen MR) is 90.8 cm³/mol. The third-order valence-electron chi connectivity index (χ3n) is 4.28. The van der Waals surface area contributed by atoms with Gasteiger partial charge in [-0.25, -0.2) is 0 Å². The minimum atomic E-state index is -0.359. The number of aryl methyl sites for hydroxylation is 1. The van der Waals surface area contributed by atoms with E-state index in [0.29, 0.717) is 0 Å². The van der Waals surface area contributed by atoms with Crippen LogP contribution in [-0.4, -0.2) is 5.78 Å². The molecule has 22 heavy (non-hydrogen) atoms. The Labute approximate surface area is 133 Å². The van der Waals surface area contributed by atoms with Crippen molar-refractivity contribution in [3.05, 3.63) is 59.6 Å². The maximum atomic E-state index is 12.9. The third kappa shape index (κ3) is 3.01. The molecule has 118 valence electrons. The molecule has 0 bridgehead atoms. The monoisotopic (exact) mass is 298 g/mol. The number of allylic oxidation sites excluding steroid dienone is 5. The van der Waals surface area contributed by atoms with Gasteiger partial charge in [0.05, 0.1) is 5.92 Å². The lowest BCUT2D eigenvalue weighted by Gasteiger charge is -2.33. The van der Waals surface area contributed by atoms with E-state index in [1.807, 2.05) is 51.1 Å². The summed E-state index contributed by atoms with van der Waals surface area (Å²) in [5.41, 5.74) is 1.09. The molecule has 1 atom stereocenters. The van der Waals surface area contributed by atoms with Gasteiger partial charge in [-0.1, -0.05) is 52.8 Å². The summed E-state index contributed by atoms with van der Waals surface area (Å²) in [4.78, 5) is 12.9. The summed E-state index contributed by atoms with van der Waals surface area (Å²) >= 11 is 0. The maximum Gasteiger partial charge on any atom is 0.185 e. The van der Waals surface area contributed by atoms with Crippen molar-refractivity contribution in [1.82, 2.24) is 0 Å². The van der Waals surface area contributed by atoms with Gasteiger partial charge in [0, 0.05) is 16.6 Å². The first-order valence-electron chi connectivity index (χ1n) is 7.75. The number of carbonyl (C=O) groups excluding carboxylic acids is 1. The van der Waals surface area contributed by atoms with Crippen molar-refractivity contribution in [2.75, 3.05) is 0 Å². The van der Waals surface area contributed by atoms with E-state index in [1.165, 1.54) is 0 Å². The molecule has 0 aliphatic heterocycles. The smallest absolute Gasteiger partial charge is 0.185 e. The molecule has 2 heteroatoms. The highest BCUT2D eigenvalue weighted by Crippen LogP contribution is 2.42. The van der Waals surface area contributed by atoms with Crippen LogP contribution in [0.4, 0.5) is 0 Å². The van der Waals surface area contributed by atoms with Crippen LogP contribution in [0, 0.1) is 17.8 Å². The molecule has 1 aliphatic rings. The first kappa shape index (κ1) is 16.5. The molecule has 1 aromatic rings. The van der Waals surface area contributed by atoms with Crippen LogP contribution >= 0.6 is 0 Å². The first-order valence-corrected chi connectivity index (χ1v) is 7.75. The van der Waals surface area contributed by atoms with Gasteiger partial charge in [0.1, 0.15) is 11.5 Å². The molecular formula is C20H26O2. The van der Waals surface area contributed by atoms with Gasteiger partial charge >= 0.3 is 0 Å². The predicted octanol–water partition coefficient (Wildman–Crippen LogP) is 5.37. The lowest BCUT2D eigenvalue weighted by Crippen LogP contribution is -2.29. The zero-order chi connectivity index (χ0) is 16.7. The normalized spacial score (nSPS) is 19.7. The van der Waals surface area contributed by atoms with E-state index in [-0.39, 0.29) is 22.5 Å². The second-order valence-corrected chi connectivity index (χ2v) is 7.64. The minimum absolute atomic E-state index is 0.00477. The van der Waals surface area contributed by atoms with Crippen molar-refractivity contribution in [2.45, 2.75) is 47.5 Å². The van der Waals surface area contributed by atoms with Gasteiger partial charge in [0.15, 0.2) is 5.78 Å². The average molecular weight is 298 g/mol. The number of carbonyl (C=O) groups is 1. The lowest BCUT2D eigenvalue weighted by atomic mass is 9.70. The molecule has 2 rings (SSSR count). The number of furan rings is 1. The maximum absolute atomic E-state index is 12.9. The van der Waals surface area contributed by atoms with Crippen molar-refractivity contribution in [3.63, 3.8) is 0 Å². The summed E-state index contributed by atoms with van der Waals surface area (Å²) < 4.78 is 5.79. The van der Waals surface area contributed by atoms with Gasteiger partial charge in [0.2, 0.25) is 0 Å². The molecule has 1 unspecified atom stereocenters. The van der Waals surface area contributed by atoms with Crippen LogP contribution < -0.4 is 0 Å². The van der Waals surface area contributed by atoms with Crippen LogP contribution in [0.3, 0.4) is 0 Å². The number of hydrogen-bond donors (Lipinski definition) is 0. The molecule has 0 aromatic carbocycles. The number of ketones is 1. The van der Waals surface area contributed by atoms with Crippen molar-refractivity contribution in [2.24, 2.45) is 10.8 Å². The standard InChI is InChI=1S/C20H26O2/c1-8-20(6,7)16-12-14(17-10-9-13(2)22-17)11-15(18(16)21)19(3,4)5/h8-12,14H,1H2,2-7H3. The minimum Gasteiger partial charge on any atom is -0.465 e. The van der Waals surface area contributed by atoms with Crippen LogP contribution in [0.5, 0.6) is 0 Å². The van der Waals surface area contributed by atoms with E-state index in [1.54, 1.807) is 0 Å². The van der Waals surface area contributed by atoms with Crippen molar-refractivity contribution < 1.29 is 9.21 Å². The first-order chi connectivity index (χ1) is 10.1. The highest BCUT2D eigenvalue weighted by atomic mass is 16.3. The van der Waals surface area contributed by atoms with Crippen molar-refractivity contribution in [3.8, 4) is 0 Å². The molecule has 0 radical (unpaired) electrons. The van der Waals surface area contributed by atoms with E-state index >= 15 is 0 Å². The average Bonchev–Trinajstić information content (AvgIpc) is 2.84. The van der Waals surface area contributed by atoms with Crippen molar-refractivity contribution in [1.29, 1.82) is 0 Å². The summed E-state index contributed by atoms with van der Waals surface area (Å²) in [6.45, 7) is 16.1. The fourth-order valence-corrected chi connectivity index (χ4v) is 2.71. The molecule has 0 N–H and O–H groups in total. The number of Topliss-reactive ketones (excluding diaryl/α,β-unsaturated/α-hetero) is 1. The summed E-state index contributed by atoms with van der Waals surface area (Å²) in [6, 6.07) is 3.95. The Hall–Kier alpha value is -1.83. The zero-order valence-corrected chi connectivity index (χ0v) is 14.5. The molecule has 1 aliphatic carbocycles. The lowest BCUT2D eigenvalue weighted by molar-refractivity contribution is -0.114. The van der Waals surface area contributed by atoms with Crippen LogP contribution in [-0.2, 0) is 4.79 Å². The molecule has 0 spiro atoms. The van der Waals surface area contributed by atoms with Crippen LogP contribution in [0.1, 0.15) is 52.1 Å². The summed E-state index contributed by atoms with van der Waals surface area (Å²) in [6.07, 6.45) is 5.91.